The number of hydrogen-bond donors (Lipinski definition) is 2. The average Bonchev–Trinajstić information content (AvgIpc) is 3.89. The predicted octanol–water partition coefficient (Wildman–Crippen LogP) is 7.83. The van der Waals surface area contributed by atoms with Gasteiger partial charge in [-0.15, -0.1) is 11.3 Å². The summed E-state index contributed by atoms with van der Waals surface area (Å²) in [5.74, 6) is -1.03. The van der Waals surface area contributed by atoms with Gasteiger partial charge in [0.2, 0.25) is 0 Å². The molecule has 0 saturated carbocycles. The molecule has 58 heavy (non-hydrogen) atoms. The van der Waals surface area contributed by atoms with Gasteiger partial charge in [-0.25, -0.2) is 19.4 Å². The molecule has 2 aromatic heterocycles. The second-order valence-corrected chi connectivity index (χ2v) is 14.8. The summed E-state index contributed by atoms with van der Waals surface area (Å²) in [6.45, 7) is 11.2. The smallest absolute Gasteiger partial charge is 0.336 e. The molecule has 2 heterocycles. The second-order valence-electron chi connectivity index (χ2n) is 13.9. The van der Waals surface area contributed by atoms with E-state index in [4.69, 9.17) is 9.47 Å². The van der Waals surface area contributed by atoms with Gasteiger partial charge in [-0.3, -0.25) is 19.9 Å². The van der Waals surface area contributed by atoms with Gasteiger partial charge in [0.1, 0.15) is 11.5 Å². The van der Waals surface area contributed by atoms with E-state index in [2.05, 4.69) is 39.3 Å². The highest BCUT2D eigenvalue weighted by Gasteiger charge is 2.28. The Balaban J connectivity index is 0.985. The summed E-state index contributed by atoms with van der Waals surface area (Å²) in [7, 11) is 0. The molecular weight excluding hydrogens is 755 g/mol. The van der Waals surface area contributed by atoms with Crippen LogP contribution in [0, 0.1) is 0 Å². The van der Waals surface area contributed by atoms with E-state index in [-0.39, 0.29) is 36.0 Å². The van der Waals surface area contributed by atoms with Crippen molar-refractivity contribution in [2.75, 3.05) is 25.0 Å². The fourth-order valence-corrected chi connectivity index (χ4v) is 7.63. The van der Waals surface area contributed by atoms with Crippen LogP contribution >= 0.6 is 11.3 Å². The third kappa shape index (κ3) is 10.5. The van der Waals surface area contributed by atoms with Crippen molar-refractivity contribution >= 4 is 51.6 Å². The van der Waals surface area contributed by atoms with Crippen LogP contribution in [0.1, 0.15) is 63.6 Å². The van der Waals surface area contributed by atoms with E-state index in [9.17, 15) is 24.0 Å². The van der Waals surface area contributed by atoms with Crippen LogP contribution in [-0.2, 0) is 32.1 Å². The van der Waals surface area contributed by atoms with Crippen LogP contribution in [0.25, 0.3) is 16.8 Å². The number of fused-ring (bicyclic) bond motifs is 1. The number of nitrogens with one attached hydrogen (secondary N) is 2. The van der Waals surface area contributed by atoms with Crippen LogP contribution < -0.4 is 20.1 Å². The number of amides is 2. The zero-order valence-corrected chi connectivity index (χ0v) is 33.7. The number of Topliss-reactive ketones (excluding diaryl/α,β-unsaturated/α-hetero) is 2. The van der Waals surface area contributed by atoms with Crippen LogP contribution in [0.5, 0.6) is 11.5 Å². The fourth-order valence-electron chi connectivity index (χ4n) is 6.92. The molecule has 12 nitrogen and oxygen atoms in total. The first-order chi connectivity index (χ1) is 28.0. The van der Waals surface area contributed by atoms with Gasteiger partial charge in [0, 0.05) is 66.0 Å². The molecule has 0 bridgehead atoms. The normalized spacial score (nSPS) is 14.4. The van der Waals surface area contributed by atoms with Crippen molar-refractivity contribution in [1.82, 2.24) is 20.2 Å². The number of anilines is 1. The minimum atomic E-state index is -0.795. The zero-order valence-electron chi connectivity index (χ0n) is 32.9. The Labute approximate surface area is 341 Å². The van der Waals surface area contributed by atoms with Gasteiger partial charge in [0.05, 0.1) is 5.69 Å². The van der Waals surface area contributed by atoms with Gasteiger partial charge < -0.3 is 19.7 Å². The summed E-state index contributed by atoms with van der Waals surface area (Å²) < 4.78 is 10.8. The number of ether oxygens (including phenoxy) is 2. The maximum Gasteiger partial charge on any atom is 0.336 e. The van der Waals surface area contributed by atoms with E-state index in [1.54, 1.807) is 54.9 Å². The number of thiazole rings is 1. The van der Waals surface area contributed by atoms with E-state index in [0.717, 1.165) is 82.9 Å². The number of hydrogen-bond acceptors (Lipinski definition) is 11. The molecule has 13 heteroatoms. The summed E-state index contributed by atoms with van der Waals surface area (Å²) in [6, 6.07) is 14.8. The minimum Gasteiger partial charge on any atom is -0.423 e. The molecule has 6 rings (SSSR count). The maximum atomic E-state index is 13.2. The molecule has 0 aliphatic heterocycles. The lowest BCUT2D eigenvalue weighted by Gasteiger charge is -2.17. The third-order valence-electron chi connectivity index (χ3n) is 10.0. The van der Waals surface area contributed by atoms with Crippen molar-refractivity contribution in [3.8, 4) is 22.8 Å². The van der Waals surface area contributed by atoms with E-state index in [1.165, 1.54) is 11.3 Å². The molecule has 0 saturated heterocycles. The largest absolute Gasteiger partial charge is 0.423 e. The highest BCUT2D eigenvalue weighted by molar-refractivity contribution is 7.14. The lowest BCUT2D eigenvalue weighted by atomic mass is 9.98. The molecule has 0 radical (unpaired) electrons. The predicted molar refractivity (Wildman–Crippen MR) is 223 cm³/mol. The average molecular weight is 800 g/mol. The molecule has 298 valence electrons. The van der Waals surface area contributed by atoms with Crippen molar-refractivity contribution in [3.63, 3.8) is 0 Å². The topological polar surface area (TPSA) is 157 Å². The fraction of sp³-hybridized carbons (Fsp3) is 0.267. The highest BCUT2D eigenvalue weighted by atomic mass is 32.1. The molecule has 2 aliphatic rings. The van der Waals surface area contributed by atoms with Gasteiger partial charge in [0.25, 0.3) is 0 Å². The van der Waals surface area contributed by atoms with Crippen molar-refractivity contribution in [1.29, 1.82) is 0 Å². The van der Waals surface area contributed by atoms with Crippen molar-refractivity contribution in [2.24, 2.45) is 0 Å². The van der Waals surface area contributed by atoms with Gasteiger partial charge in [-0.2, -0.15) is 0 Å². The molecule has 2 amide bonds. The Morgan fingerprint density at radius 3 is 2.29 bits per heavy atom. The number of aromatic nitrogens is 2. The van der Waals surface area contributed by atoms with Crippen LogP contribution in [-0.4, -0.2) is 64.0 Å². The van der Waals surface area contributed by atoms with Gasteiger partial charge in [-0.05, 0) is 117 Å². The van der Waals surface area contributed by atoms with E-state index >= 15 is 0 Å². The number of ketones is 2. The quantitative estimate of drug-likeness (QED) is 0.0651. The number of rotatable bonds is 16. The van der Waals surface area contributed by atoms with E-state index in [1.807, 2.05) is 37.4 Å². The molecular formula is C45H45N5O7S. The molecule has 0 unspecified atom stereocenters. The Morgan fingerprint density at radius 1 is 0.897 bits per heavy atom. The lowest BCUT2D eigenvalue weighted by molar-refractivity contribution is -0.131. The SMILES string of the molecule is CCN(CC)CCCC(=O)C1=C(C)CC(/C=C2\C(=O)Cc3ccc(OC(=O)/C=C\C(=O)Oc4ccc(CNC(=O)Nc5nc(-c6ccncc6)cs5)cc4)cc32)=C1C. The molecule has 0 atom stereocenters. The van der Waals surface area contributed by atoms with Crippen molar-refractivity contribution in [2.45, 2.75) is 59.9 Å². The summed E-state index contributed by atoms with van der Waals surface area (Å²) in [5, 5.41) is 7.79. The zero-order chi connectivity index (χ0) is 41.2. The number of nitrogens with zero attached hydrogens (tertiary/aromatic N) is 3. The van der Waals surface area contributed by atoms with Gasteiger partial charge >= 0.3 is 18.0 Å². The maximum absolute atomic E-state index is 13.2. The molecule has 2 aliphatic carbocycles. The number of esters is 2. The Bertz CT molecular complexity index is 2340. The lowest BCUT2D eigenvalue weighted by Crippen LogP contribution is -2.28. The summed E-state index contributed by atoms with van der Waals surface area (Å²) in [5.41, 5.74) is 8.01. The Morgan fingerprint density at radius 2 is 1.59 bits per heavy atom. The van der Waals surface area contributed by atoms with Crippen LogP contribution in [0.2, 0.25) is 0 Å². The minimum absolute atomic E-state index is 0.0456. The van der Waals surface area contributed by atoms with Crippen LogP contribution in [0.15, 0.2) is 113 Å². The molecule has 2 aromatic carbocycles. The number of carbonyl (C=O) groups excluding carboxylic acids is 5. The van der Waals surface area contributed by atoms with Gasteiger partial charge in [-0.1, -0.05) is 37.6 Å². The number of benzene rings is 2. The third-order valence-corrected chi connectivity index (χ3v) is 10.8. The summed E-state index contributed by atoms with van der Waals surface area (Å²) >= 11 is 1.31. The number of allylic oxidation sites excluding steroid dienone is 6. The van der Waals surface area contributed by atoms with Crippen LogP contribution in [0.4, 0.5) is 9.93 Å². The van der Waals surface area contributed by atoms with Crippen molar-refractivity contribution < 1.29 is 33.4 Å². The van der Waals surface area contributed by atoms with E-state index in [0.29, 0.717) is 29.1 Å². The second kappa shape index (κ2) is 19.2. The van der Waals surface area contributed by atoms with Gasteiger partial charge in [0.15, 0.2) is 16.7 Å². The summed E-state index contributed by atoms with van der Waals surface area (Å²) in [4.78, 5) is 74.7. The molecule has 4 aromatic rings. The first-order valence-electron chi connectivity index (χ1n) is 19.2. The van der Waals surface area contributed by atoms with Crippen LogP contribution in [0.3, 0.4) is 0 Å². The monoisotopic (exact) mass is 799 g/mol. The number of pyridine rings is 1. The summed E-state index contributed by atoms with van der Waals surface area (Å²) in [6.07, 6.45) is 9.26. The number of carbonyl (C=O) groups is 5. The Hall–Kier alpha value is -6.31. The van der Waals surface area contributed by atoms with Crippen molar-refractivity contribution in [3.05, 3.63) is 130 Å². The highest BCUT2D eigenvalue weighted by Crippen LogP contribution is 2.39. The van der Waals surface area contributed by atoms with E-state index < -0.39 is 18.0 Å². The Kier molecular flexibility index (Phi) is 13.7. The molecule has 0 fully saturated rings. The standard InChI is InChI=1S/C45H45N5O7S/c1-5-50(6-2)21-7-8-39(51)43-28(3)22-33(29(43)4)23-37-36-25-35(14-11-32(36)24-40(37)52)57-42(54)16-15-41(53)56-34-12-9-30(10-13-34)26-47-44(55)49-45-48-38(27-58-45)31-17-19-46-20-18-31/h9-20,23,25,27H,5-8,21-22,24,26H2,1-4H3,(H2,47,48,49,55)/b16-15-,37-23-. The first-order valence-corrected chi connectivity index (χ1v) is 20.0. The first kappa shape index (κ1) is 41.3. The molecule has 2 N–H and O–H groups in total. The number of urea groups is 1. The molecule has 0 spiro atoms.